The molecule has 2 nitrogen and oxygen atoms in total. The molecule has 1 N–H and O–H groups in total. The summed E-state index contributed by atoms with van der Waals surface area (Å²) in [5, 5.41) is 8.74. The van der Waals surface area contributed by atoms with Crippen molar-refractivity contribution in [3.05, 3.63) is 29.6 Å². The molecule has 0 spiro atoms. The van der Waals surface area contributed by atoms with E-state index in [1.807, 2.05) is 0 Å². The number of benzene rings is 1. The zero-order valence-corrected chi connectivity index (χ0v) is 6.88. The van der Waals surface area contributed by atoms with Crippen LogP contribution in [0.1, 0.15) is 12.5 Å². The van der Waals surface area contributed by atoms with E-state index in [0.717, 1.165) is 0 Å². The van der Waals surface area contributed by atoms with Gasteiger partial charge in [0, 0.05) is 0 Å². The van der Waals surface area contributed by atoms with Crippen LogP contribution >= 0.6 is 0 Å². The van der Waals surface area contributed by atoms with Gasteiger partial charge in [0.25, 0.3) is 0 Å². The van der Waals surface area contributed by atoms with Crippen LogP contribution in [0.3, 0.4) is 0 Å². The van der Waals surface area contributed by atoms with Crippen molar-refractivity contribution in [2.75, 3.05) is 6.61 Å². The summed E-state index contributed by atoms with van der Waals surface area (Å²) in [6.45, 7) is 2.11. The average molecular weight is 170 g/mol. The minimum absolute atomic E-state index is 0.0969. The normalized spacial score (nSPS) is 9.92. The highest BCUT2D eigenvalue weighted by molar-refractivity contribution is 5.29. The fraction of sp³-hybridized carbons (Fsp3) is 0.333. The highest BCUT2D eigenvalue weighted by Crippen LogP contribution is 2.18. The first-order valence-electron chi connectivity index (χ1n) is 3.80. The summed E-state index contributed by atoms with van der Waals surface area (Å²) in [5.74, 6) is -0.196. The molecule has 0 atom stereocenters. The van der Waals surface area contributed by atoms with Crippen molar-refractivity contribution in [3.63, 3.8) is 0 Å². The van der Waals surface area contributed by atoms with Crippen LogP contribution in [-0.2, 0) is 6.61 Å². The molecule has 0 bridgehead atoms. The summed E-state index contributed by atoms with van der Waals surface area (Å²) in [6, 6.07) is 4.31. The van der Waals surface area contributed by atoms with Gasteiger partial charge < -0.3 is 9.84 Å². The standard InChI is InChI=1S/C9H11FO2/c1-2-12-9-5-7(6-11)3-4-8(9)10/h3-5,11H,2,6H2,1H3. The predicted molar refractivity (Wildman–Crippen MR) is 43.5 cm³/mol. The minimum Gasteiger partial charge on any atom is -0.491 e. The largest absolute Gasteiger partial charge is 0.491 e. The third-order valence-corrected chi connectivity index (χ3v) is 1.48. The van der Waals surface area contributed by atoms with Crippen LogP contribution in [-0.4, -0.2) is 11.7 Å². The molecule has 0 aliphatic heterocycles. The molecule has 1 rings (SSSR count). The van der Waals surface area contributed by atoms with Gasteiger partial charge in [-0.15, -0.1) is 0 Å². The van der Waals surface area contributed by atoms with Crippen molar-refractivity contribution in [2.45, 2.75) is 13.5 Å². The Labute approximate surface area is 70.6 Å². The lowest BCUT2D eigenvalue weighted by Gasteiger charge is -2.05. The van der Waals surface area contributed by atoms with Gasteiger partial charge in [0.1, 0.15) is 0 Å². The van der Waals surface area contributed by atoms with Crippen molar-refractivity contribution in [1.82, 2.24) is 0 Å². The van der Waals surface area contributed by atoms with Crippen LogP contribution < -0.4 is 4.74 Å². The lowest BCUT2D eigenvalue weighted by Crippen LogP contribution is -1.95. The Hall–Kier alpha value is -1.09. The molecule has 0 saturated heterocycles. The molecule has 1 aromatic rings. The Balaban J connectivity index is 2.91. The molecule has 0 saturated carbocycles. The predicted octanol–water partition coefficient (Wildman–Crippen LogP) is 1.72. The fourth-order valence-electron chi connectivity index (χ4n) is 0.912. The molecule has 0 amide bonds. The Bertz CT molecular complexity index is 261. The molecule has 0 aliphatic rings. The highest BCUT2D eigenvalue weighted by atomic mass is 19.1. The second kappa shape index (κ2) is 4.07. The number of hydrogen-bond acceptors (Lipinski definition) is 2. The summed E-state index contributed by atoms with van der Waals surface area (Å²) in [6.07, 6.45) is 0. The maximum atomic E-state index is 12.9. The topological polar surface area (TPSA) is 29.5 Å². The molecule has 0 heterocycles. The number of ether oxygens (including phenoxy) is 1. The van der Waals surface area contributed by atoms with Gasteiger partial charge in [-0.3, -0.25) is 0 Å². The molecule has 12 heavy (non-hydrogen) atoms. The molecule has 0 aromatic heterocycles. The Morgan fingerprint density at radius 3 is 2.83 bits per heavy atom. The van der Waals surface area contributed by atoms with Gasteiger partial charge in [-0.05, 0) is 24.6 Å². The van der Waals surface area contributed by atoms with Gasteiger partial charge in [-0.1, -0.05) is 6.07 Å². The molecule has 0 fully saturated rings. The number of halogens is 1. The maximum Gasteiger partial charge on any atom is 0.165 e. The van der Waals surface area contributed by atoms with E-state index in [9.17, 15) is 4.39 Å². The number of rotatable bonds is 3. The maximum absolute atomic E-state index is 12.9. The van der Waals surface area contributed by atoms with Gasteiger partial charge in [0.2, 0.25) is 0 Å². The minimum atomic E-state index is -0.394. The number of aliphatic hydroxyl groups excluding tert-OH is 1. The molecule has 0 radical (unpaired) electrons. The second-order valence-electron chi connectivity index (χ2n) is 2.36. The smallest absolute Gasteiger partial charge is 0.165 e. The molecule has 66 valence electrons. The lowest BCUT2D eigenvalue weighted by atomic mass is 10.2. The average Bonchev–Trinajstić information content (AvgIpc) is 2.09. The van der Waals surface area contributed by atoms with Crippen LogP contribution in [0.4, 0.5) is 4.39 Å². The van der Waals surface area contributed by atoms with Crippen LogP contribution in [0.15, 0.2) is 18.2 Å². The lowest BCUT2D eigenvalue weighted by molar-refractivity contribution is 0.278. The monoisotopic (exact) mass is 170 g/mol. The second-order valence-corrected chi connectivity index (χ2v) is 2.36. The SMILES string of the molecule is CCOc1cc(CO)ccc1F. The molecule has 3 heteroatoms. The Morgan fingerprint density at radius 1 is 1.50 bits per heavy atom. The summed E-state index contributed by atoms with van der Waals surface area (Å²) < 4.78 is 17.9. The van der Waals surface area contributed by atoms with Crippen molar-refractivity contribution >= 4 is 0 Å². The molecular formula is C9H11FO2. The zero-order valence-electron chi connectivity index (χ0n) is 6.88. The van der Waals surface area contributed by atoms with Crippen molar-refractivity contribution in [3.8, 4) is 5.75 Å². The van der Waals surface area contributed by atoms with Gasteiger partial charge in [0.05, 0.1) is 13.2 Å². The fourth-order valence-corrected chi connectivity index (χ4v) is 0.912. The van der Waals surface area contributed by atoms with Gasteiger partial charge in [0.15, 0.2) is 11.6 Å². The van der Waals surface area contributed by atoms with Crippen molar-refractivity contribution in [1.29, 1.82) is 0 Å². The number of hydrogen-bond donors (Lipinski definition) is 1. The number of aliphatic hydroxyl groups is 1. The third kappa shape index (κ3) is 1.95. The summed E-state index contributed by atoms with van der Waals surface area (Å²) in [7, 11) is 0. The molecule has 0 aliphatic carbocycles. The van der Waals surface area contributed by atoms with Gasteiger partial charge in [-0.25, -0.2) is 4.39 Å². The first-order chi connectivity index (χ1) is 5.77. The van der Waals surface area contributed by atoms with Crippen LogP contribution in [0.25, 0.3) is 0 Å². The van der Waals surface area contributed by atoms with E-state index in [4.69, 9.17) is 9.84 Å². The van der Waals surface area contributed by atoms with E-state index in [2.05, 4.69) is 0 Å². The zero-order chi connectivity index (χ0) is 8.97. The highest BCUT2D eigenvalue weighted by Gasteiger charge is 2.02. The van der Waals surface area contributed by atoms with E-state index in [0.29, 0.717) is 12.2 Å². The Kier molecular flexibility index (Phi) is 3.05. The summed E-state index contributed by atoms with van der Waals surface area (Å²) in [5.41, 5.74) is 0.653. The third-order valence-electron chi connectivity index (χ3n) is 1.48. The summed E-state index contributed by atoms with van der Waals surface area (Å²) in [4.78, 5) is 0. The Morgan fingerprint density at radius 2 is 2.25 bits per heavy atom. The van der Waals surface area contributed by atoms with Crippen molar-refractivity contribution in [2.24, 2.45) is 0 Å². The van der Waals surface area contributed by atoms with E-state index < -0.39 is 5.82 Å². The van der Waals surface area contributed by atoms with Crippen LogP contribution in [0, 0.1) is 5.82 Å². The first-order valence-corrected chi connectivity index (χ1v) is 3.80. The van der Waals surface area contributed by atoms with E-state index in [1.54, 1.807) is 6.92 Å². The van der Waals surface area contributed by atoms with E-state index >= 15 is 0 Å². The van der Waals surface area contributed by atoms with Crippen LogP contribution in [0.2, 0.25) is 0 Å². The van der Waals surface area contributed by atoms with Gasteiger partial charge in [-0.2, -0.15) is 0 Å². The van der Waals surface area contributed by atoms with Crippen LogP contribution in [0.5, 0.6) is 5.75 Å². The first kappa shape index (κ1) is 9.00. The summed E-state index contributed by atoms with van der Waals surface area (Å²) >= 11 is 0. The molecule has 0 unspecified atom stereocenters. The van der Waals surface area contributed by atoms with E-state index in [1.165, 1.54) is 18.2 Å². The quantitative estimate of drug-likeness (QED) is 0.748. The molecule has 1 aromatic carbocycles. The van der Waals surface area contributed by atoms with E-state index in [-0.39, 0.29) is 12.4 Å². The van der Waals surface area contributed by atoms with Crippen molar-refractivity contribution < 1.29 is 14.2 Å². The van der Waals surface area contributed by atoms with Gasteiger partial charge >= 0.3 is 0 Å². The molecular weight excluding hydrogens is 159 g/mol.